The summed E-state index contributed by atoms with van der Waals surface area (Å²) in [5.41, 5.74) is 2.99. The molecule has 0 amide bonds. The molecule has 0 unspecified atom stereocenters. The van der Waals surface area contributed by atoms with Gasteiger partial charge in [0.05, 0.1) is 18.5 Å². The Morgan fingerprint density at radius 3 is 2.44 bits per heavy atom. The molecule has 1 aromatic heterocycles. The minimum atomic E-state index is -0.327. The van der Waals surface area contributed by atoms with Crippen LogP contribution in [-0.2, 0) is 0 Å². The quantitative estimate of drug-likeness (QED) is 0.693. The fourth-order valence-electron chi connectivity index (χ4n) is 2.36. The van der Waals surface area contributed by atoms with Crippen molar-refractivity contribution >= 4 is 17.1 Å². The third-order valence-electron chi connectivity index (χ3n) is 3.74. The summed E-state index contributed by atoms with van der Waals surface area (Å²) in [6.45, 7) is 0. The maximum Gasteiger partial charge on any atom is 0.292 e. The summed E-state index contributed by atoms with van der Waals surface area (Å²) in [5.74, 6) is 0.696. The van der Waals surface area contributed by atoms with E-state index in [9.17, 15) is 4.79 Å². The highest BCUT2D eigenvalue weighted by Crippen LogP contribution is 2.29. The van der Waals surface area contributed by atoms with Crippen LogP contribution >= 0.6 is 0 Å². The van der Waals surface area contributed by atoms with E-state index in [1.54, 1.807) is 7.11 Å². The number of H-pyrrole nitrogens is 2. The number of nitrogens with zero attached hydrogens (tertiary/aromatic N) is 3. The molecule has 0 atom stereocenters. The normalized spacial score (nSPS) is 11.0. The van der Waals surface area contributed by atoms with Gasteiger partial charge in [-0.25, -0.2) is 0 Å². The molecular weight excluding hydrogens is 318 g/mol. The predicted octanol–water partition coefficient (Wildman–Crippen LogP) is 3.86. The Labute approximate surface area is 145 Å². The number of anilines is 1. The molecule has 25 heavy (non-hydrogen) atoms. The van der Waals surface area contributed by atoms with Crippen molar-refractivity contribution in [2.24, 2.45) is 10.2 Å². The van der Waals surface area contributed by atoms with Gasteiger partial charge in [-0.3, -0.25) is 15.0 Å². The van der Waals surface area contributed by atoms with Crippen LogP contribution in [0.15, 0.2) is 63.6 Å². The second-order valence-corrected chi connectivity index (χ2v) is 5.65. The van der Waals surface area contributed by atoms with Crippen LogP contribution in [-0.4, -0.2) is 31.4 Å². The molecule has 2 N–H and O–H groups in total. The Hall–Kier alpha value is -3.35. The number of methoxy groups -OCH3 is 1. The van der Waals surface area contributed by atoms with Gasteiger partial charge in [-0.15, -0.1) is 5.11 Å². The lowest BCUT2D eigenvalue weighted by atomic mass is 10.1. The Kier molecular flexibility index (Phi) is 4.65. The molecule has 0 radical (unpaired) electrons. The number of aromatic amines is 2. The van der Waals surface area contributed by atoms with Crippen molar-refractivity contribution < 1.29 is 4.74 Å². The average molecular weight is 337 g/mol. The summed E-state index contributed by atoms with van der Waals surface area (Å²) < 4.78 is 5.22. The zero-order valence-corrected chi connectivity index (χ0v) is 14.3. The Morgan fingerprint density at radius 1 is 1.00 bits per heavy atom. The number of hydrogen-bond donors (Lipinski definition) is 2. The van der Waals surface area contributed by atoms with E-state index in [0.717, 1.165) is 11.3 Å². The third-order valence-corrected chi connectivity index (χ3v) is 3.74. The number of benzene rings is 2. The molecule has 1 heterocycles. The largest absolute Gasteiger partial charge is 0.497 e. The van der Waals surface area contributed by atoms with Crippen LogP contribution in [0.2, 0.25) is 0 Å². The van der Waals surface area contributed by atoms with Gasteiger partial charge >= 0.3 is 0 Å². The molecule has 128 valence electrons. The van der Waals surface area contributed by atoms with Crippen molar-refractivity contribution in [1.82, 2.24) is 10.2 Å². The van der Waals surface area contributed by atoms with Gasteiger partial charge in [-0.1, -0.05) is 12.1 Å². The van der Waals surface area contributed by atoms with Crippen molar-refractivity contribution in [2.75, 3.05) is 26.1 Å². The number of ether oxygens (including phenoxy) is 1. The number of nitrogens with one attached hydrogen (secondary N) is 2. The third kappa shape index (κ3) is 3.60. The minimum absolute atomic E-state index is 0.227. The van der Waals surface area contributed by atoms with Crippen molar-refractivity contribution in [3.05, 3.63) is 58.9 Å². The highest BCUT2D eigenvalue weighted by molar-refractivity contribution is 5.72. The zero-order valence-electron chi connectivity index (χ0n) is 14.3. The lowest BCUT2D eigenvalue weighted by molar-refractivity contribution is 0.415. The summed E-state index contributed by atoms with van der Waals surface area (Å²) >= 11 is 0. The Bertz CT molecular complexity index is 939. The van der Waals surface area contributed by atoms with E-state index < -0.39 is 0 Å². The van der Waals surface area contributed by atoms with Crippen molar-refractivity contribution in [2.45, 2.75) is 0 Å². The molecule has 3 rings (SSSR count). The van der Waals surface area contributed by atoms with E-state index in [1.165, 1.54) is 0 Å². The maximum atomic E-state index is 12.1. The van der Waals surface area contributed by atoms with Crippen LogP contribution in [0, 0.1) is 0 Å². The summed E-state index contributed by atoms with van der Waals surface area (Å²) in [6.07, 6.45) is 0. The van der Waals surface area contributed by atoms with E-state index in [1.807, 2.05) is 67.5 Å². The maximum absolute atomic E-state index is 12.1. The Balaban J connectivity index is 1.92. The summed E-state index contributed by atoms with van der Waals surface area (Å²) in [4.78, 5) is 14.1. The second-order valence-electron chi connectivity index (χ2n) is 5.65. The number of hydrogen-bond acceptors (Lipinski definition) is 5. The topological polar surface area (TPSA) is 85.8 Å². The van der Waals surface area contributed by atoms with Crippen LogP contribution in [0.25, 0.3) is 11.3 Å². The molecule has 0 spiro atoms. The fourth-order valence-corrected chi connectivity index (χ4v) is 2.36. The SMILES string of the molecule is COc1cccc(-c2[nH][nH]c(=O)c2N=Nc2ccc(N(C)C)cc2)c1. The number of aromatic nitrogens is 2. The van der Waals surface area contributed by atoms with Gasteiger partial charge < -0.3 is 9.64 Å². The molecule has 0 fully saturated rings. The van der Waals surface area contributed by atoms with E-state index in [2.05, 4.69) is 20.4 Å². The molecular formula is C18H19N5O2. The van der Waals surface area contributed by atoms with Crippen LogP contribution in [0.4, 0.5) is 17.1 Å². The molecule has 0 aliphatic rings. The predicted molar refractivity (Wildman–Crippen MR) is 98.3 cm³/mol. The van der Waals surface area contributed by atoms with Crippen LogP contribution in [0.1, 0.15) is 0 Å². The van der Waals surface area contributed by atoms with E-state index in [-0.39, 0.29) is 11.2 Å². The van der Waals surface area contributed by atoms with Gasteiger partial charge in [-0.2, -0.15) is 5.11 Å². The van der Waals surface area contributed by atoms with Crippen molar-refractivity contribution in [3.63, 3.8) is 0 Å². The fraction of sp³-hybridized carbons (Fsp3) is 0.167. The summed E-state index contributed by atoms with van der Waals surface area (Å²) in [7, 11) is 5.53. The summed E-state index contributed by atoms with van der Waals surface area (Å²) in [6, 6.07) is 15.0. The molecule has 7 nitrogen and oxygen atoms in total. The van der Waals surface area contributed by atoms with E-state index >= 15 is 0 Å². The van der Waals surface area contributed by atoms with Crippen LogP contribution in [0.5, 0.6) is 5.75 Å². The Morgan fingerprint density at radius 2 is 1.76 bits per heavy atom. The smallest absolute Gasteiger partial charge is 0.292 e. The molecule has 3 aromatic rings. The van der Waals surface area contributed by atoms with Gasteiger partial charge in [0.2, 0.25) is 0 Å². The molecule has 0 saturated heterocycles. The molecule has 0 bridgehead atoms. The lowest BCUT2D eigenvalue weighted by Gasteiger charge is -2.11. The van der Waals surface area contributed by atoms with Gasteiger partial charge in [-0.05, 0) is 36.4 Å². The molecule has 0 aliphatic heterocycles. The van der Waals surface area contributed by atoms with Gasteiger partial charge in [0.15, 0.2) is 5.69 Å². The first-order valence-electron chi connectivity index (χ1n) is 7.72. The van der Waals surface area contributed by atoms with Gasteiger partial charge in [0.25, 0.3) is 5.56 Å². The summed E-state index contributed by atoms with van der Waals surface area (Å²) in [5, 5.41) is 13.7. The second kappa shape index (κ2) is 7.04. The lowest BCUT2D eigenvalue weighted by Crippen LogP contribution is -2.07. The molecule has 0 saturated carbocycles. The molecule has 2 aromatic carbocycles. The van der Waals surface area contributed by atoms with Crippen molar-refractivity contribution in [3.8, 4) is 17.0 Å². The van der Waals surface area contributed by atoms with E-state index in [0.29, 0.717) is 17.1 Å². The van der Waals surface area contributed by atoms with Crippen molar-refractivity contribution in [1.29, 1.82) is 0 Å². The number of rotatable bonds is 5. The first-order valence-corrected chi connectivity index (χ1v) is 7.72. The van der Waals surface area contributed by atoms with Crippen LogP contribution < -0.4 is 15.2 Å². The van der Waals surface area contributed by atoms with Gasteiger partial charge in [0.1, 0.15) is 5.75 Å². The average Bonchev–Trinajstić information content (AvgIpc) is 3.01. The first kappa shape index (κ1) is 16.5. The monoisotopic (exact) mass is 337 g/mol. The zero-order chi connectivity index (χ0) is 17.8. The van der Waals surface area contributed by atoms with Gasteiger partial charge in [0, 0.05) is 25.3 Å². The number of azo groups is 1. The molecule has 7 heteroatoms. The minimum Gasteiger partial charge on any atom is -0.497 e. The standard InChI is InChI=1S/C18H19N5O2/c1-23(2)14-9-7-13(8-10-14)19-21-17-16(20-22-18(17)24)12-5-4-6-15(11-12)25-3/h4-11H,1-3H3,(H2,20,22,24). The van der Waals surface area contributed by atoms with Crippen LogP contribution in [0.3, 0.4) is 0 Å². The molecule has 0 aliphatic carbocycles. The van der Waals surface area contributed by atoms with E-state index in [4.69, 9.17) is 4.74 Å². The highest BCUT2D eigenvalue weighted by atomic mass is 16.5. The highest BCUT2D eigenvalue weighted by Gasteiger charge is 2.12. The first-order chi connectivity index (χ1) is 12.1.